The van der Waals surface area contributed by atoms with Gasteiger partial charge in [0.1, 0.15) is 12.2 Å². The number of nitrogens with zero attached hydrogens (tertiary/aromatic N) is 3. The van der Waals surface area contributed by atoms with Crippen molar-refractivity contribution in [1.29, 1.82) is 0 Å². The summed E-state index contributed by atoms with van der Waals surface area (Å²) in [5.41, 5.74) is 3.01. The van der Waals surface area contributed by atoms with Gasteiger partial charge in [0.05, 0.1) is 29.3 Å². The fourth-order valence-corrected chi connectivity index (χ4v) is 3.58. The van der Waals surface area contributed by atoms with E-state index in [9.17, 15) is 14.9 Å². The molecule has 0 atom stereocenters. The number of ether oxygens (including phenoxy) is 2. The van der Waals surface area contributed by atoms with E-state index in [-0.39, 0.29) is 29.4 Å². The monoisotopic (exact) mass is 456 g/mol. The molecular weight excluding hydrogens is 432 g/mol. The standard InChI is InChI=1S/C22H24N4O5S/c1-25(17-7-4-3-5-8-17)10-6-9-23-22(27)18-11-20(30-2)21(12-19(18)26(28)29)31-13-16-14-32-15-24-16/h3-5,7-8,11-12,14-15H,6,9-10,13H2,1-2H3,(H,23,27). The van der Waals surface area contributed by atoms with E-state index in [4.69, 9.17) is 9.47 Å². The zero-order chi connectivity index (χ0) is 22.9. The maximum absolute atomic E-state index is 12.7. The van der Waals surface area contributed by atoms with Crippen LogP contribution in [0.1, 0.15) is 22.5 Å². The first-order chi connectivity index (χ1) is 15.5. The highest BCUT2D eigenvalue weighted by Gasteiger charge is 2.24. The molecule has 0 saturated heterocycles. The number of nitro groups is 1. The Morgan fingerprint density at radius 2 is 2.03 bits per heavy atom. The Morgan fingerprint density at radius 3 is 2.69 bits per heavy atom. The van der Waals surface area contributed by atoms with Gasteiger partial charge in [0.15, 0.2) is 11.5 Å². The highest BCUT2D eigenvalue weighted by Crippen LogP contribution is 2.35. The zero-order valence-corrected chi connectivity index (χ0v) is 18.6. The van der Waals surface area contributed by atoms with Crippen LogP contribution in [0.15, 0.2) is 53.4 Å². The maximum atomic E-state index is 12.7. The van der Waals surface area contributed by atoms with Gasteiger partial charge in [-0.15, -0.1) is 11.3 Å². The molecule has 168 valence electrons. The number of benzene rings is 2. The summed E-state index contributed by atoms with van der Waals surface area (Å²) in [4.78, 5) is 29.9. The number of rotatable bonds is 11. The van der Waals surface area contributed by atoms with Crippen LogP contribution < -0.4 is 19.7 Å². The molecule has 0 aliphatic heterocycles. The van der Waals surface area contributed by atoms with Crippen LogP contribution in [-0.2, 0) is 6.61 Å². The zero-order valence-electron chi connectivity index (χ0n) is 17.8. The number of nitrogens with one attached hydrogen (secondary N) is 1. The van der Waals surface area contributed by atoms with Gasteiger partial charge in [0, 0.05) is 37.3 Å². The Kier molecular flexibility index (Phi) is 7.98. The molecule has 0 bridgehead atoms. The van der Waals surface area contributed by atoms with Crippen LogP contribution >= 0.6 is 11.3 Å². The van der Waals surface area contributed by atoms with E-state index in [1.54, 1.807) is 5.51 Å². The van der Waals surface area contributed by atoms with Crippen LogP contribution in [0.2, 0.25) is 0 Å². The van der Waals surface area contributed by atoms with Gasteiger partial charge in [0.2, 0.25) is 0 Å². The molecule has 32 heavy (non-hydrogen) atoms. The molecule has 0 unspecified atom stereocenters. The van der Waals surface area contributed by atoms with E-state index < -0.39 is 10.8 Å². The summed E-state index contributed by atoms with van der Waals surface area (Å²) in [6.45, 7) is 1.23. The van der Waals surface area contributed by atoms with Crippen molar-refractivity contribution in [3.63, 3.8) is 0 Å². The number of para-hydroxylation sites is 1. The lowest BCUT2D eigenvalue weighted by molar-refractivity contribution is -0.385. The van der Waals surface area contributed by atoms with E-state index in [0.29, 0.717) is 18.7 Å². The van der Waals surface area contributed by atoms with E-state index in [1.165, 1.54) is 30.6 Å². The predicted octanol–water partition coefficient (Wildman–Crippen LogP) is 3.90. The minimum Gasteiger partial charge on any atom is -0.493 e. The van der Waals surface area contributed by atoms with Crippen molar-refractivity contribution in [1.82, 2.24) is 10.3 Å². The van der Waals surface area contributed by atoms with Gasteiger partial charge in [-0.1, -0.05) is 18.2 Å². The van der Waals surface area contributed by atoms with Crippen molar-refractivity contribution in [2.24, 2.45) is 0 Å². The molecule has 0 aliphatic rings. The number of hydrogen-bond acceptors (Lipinski definition) is 8. The third kappa shape index (κ3) is 5.94. The Labute approximate surface area is 189 Å². The van der Waals surface area contributed by atoms with Crippen molar-refractivity contribution < 1.29 is 19.2 Å². The number of hydrogen-bond donors (Lipinski definition) is 1. The molecule has 10 heteroatoms. The van der Waals surface area contributed by atoms with Crippen molar-refractivity contribution in [3.8, 4) is 11.5 Å². The third-order valence-corrected chi connectivity index (χ3v) is 5.37. The molecule has 1 amide bonds. The molecule has 9 nitrogen and oxygen atoms in total. The Morgan fingerprint density at radius 1 is 1.25 bits per heavy atom. The molecule has 1 heterocycles. The van der Waals surface area contributed by atoms with Gasteiger partial charge in [-0.25, -0.2) is 4.98 Å². The van der Waals surface area contributed by atoms with Gasteiger partial charge in [0.25, 0.3) is 11.6 Å². The van der Waals surface area contributed by atoms with Crippen LogP contribution in [-0.4, -0.2) is 43.1 Å². The summed E-state index contributed by atoms with van der Waals surface area (Å²) in [5.74, 6) is -0.128. The van der Waals surface area contributed by atoms with Crippen molar-refractivity contribution in [3.05, 3.63) is 74.7 Å². The molecule has 0 fully saturated rings. The molecule has 0 radical (unpaired) electrons. The molecule has 3 rings (SSSR count). The first-order valence-corrected chi connectivity index (χ1v) is 10.8. The number of methoxy groups -OCH3 is 1. The van der Waals surface area contributed by atoms with E-state index in [0.717, 1.165) is 12.2 Å². The van der Waals surface area contributed by atoms with Gasteiger partial charge in [-0.2, -0.15) is 0 Å². The van der Waals surface area contributed by atoms with E-state index in [2.05, 4.69) is 15.2 Å². The summed E-state index contributed by atoms with van der Waals surface area (Å²) in [5, 5.41) is 16.2. The smallest absolute Gasteiger partial charge is 0.286 e. The lowest BCUT2D eigenvalue weighted by atomic mass is 10.1. The second kappa shape index (κ2) is 11.1. The number of aromatic nitrogens is 1. The molecule has 2 aromatic carbocycles. The second-order valence-corrected chi connectivity index (χ2v) is 7.63. The summed E-state index contributed by atoms with van der Waals surface area (Å²) in [6.07, 6.45) is 0.677. The molecule has 0 saturated carbocycles. The minimum atomic E-state index is -0.604. The average Bonchev–Trinajstić information content (AvgIpc) is 3.33. The molecule has 1 aromatic heterocycles. The van der Waals surface area contributed by atoms with Gasteiger partial charge in [-0.05, 0) is 18.6 Å². The molecule has 0 spiro atoms. The van der Waals surface area contributed by atoms with Crippen LogP contribution in [0.3, 0.4) is 0 Å². The number of thiazole rings is 1. The molecular formula is C22H24N4O5S. The van der Waals surface area contributed by atoms with Crippen LogP contribution in [0.5, 0.6) is 11.5 Å². The van der Waals surface area contributed by atoms with Crippen molar-refractivity contribution in [2.45, 2.75) is 13.0 Å². The van der Waals surface area contributed by atoms with E-state index >= 15 is 0 Å². The highest BCUT2D eigenvalue weighted by molar-refractivity contribution is 7.07. The second-order valence-electron chi connectivity index (χ2n) is 6.91. The Hall–Kier alpha value is -3.66. The lowest BCUT2D eigenvalue weighted by Gasteiger charge is -2.19. The minimum absolute atomic E-state index is 0.0794. The fraction of sp³-hybridized carbons (Fsp3) is 0.273. The van der Waals surface area contributed by atoms with Crippen molar-refractivity contribution in [2.75, 3.05) is 32.1 Å². The average molecular weight is 457 g/mol. The normalized spacial score (nSPS) is 10.4. The summed E-state index contributed by atoms with van der Waals surface area (Å²) >= 11 is 1.42. The lowest BCUT2D eigenvalue weighted by Crippen LogP contribution is -2.28. The van der Waals surface area contributed by atoms with Crippen LogP contribution in [0.25, 0.3) is 0 Å². The number of anilines is 1. The number of carbonyl (C=O) groups is 1. The maximum Gasteiger partial charge on any atom is 0.286 e. The van der Waals surface area contributed by atoms with Gasteiger partial charge >= 0.3 is 0 Å². The number of amides is 1. The number of carbonyl (C=O) groups excluding carboxylic acids is 1. The van der Waals surface area contributed by atoms with Gasteiger partial charge in [-0.3, -0.25) is 14.9 Å². The third-order valence-electron chi connectivity index (χ3n) is 4.74. The first kappa shape index (κ1) is 23.0. The molecule has 1 N–H and O–H groups in total. The van der Waals surface area contributed by atoms with Crippen LogP contribution in [0, 0.1) is 10.1 Å². The first-order valence-electron chi connectivity index (χ1n) is 9.90. The molecule has 3 aromatic rings. The fourth-order valence-electron chi connectivity index (χ4n) is 3.04. The summed E-state index contributed by atoms with van der Waals surface area (Å²) < 4.78 is 10.9. The highest BCUT2D eigenvalue weighted by atomic mass is 32.1. The van der Waals surface area contributed by atoms with Crippen molar-refractivity contribution >= 4 is 28.6 Å². The largest absolute Gasteiger partial charge is 0.493 e. The topological polar surface area (TPSA) is 107 Å². The number of nitro benzene ring substituents is 1. The Bertz CT molecular complexity index is 1040. The van der Waals surface area contributed by atoms with Gasteiger partial charge < -0.3 is 19.7 Å². The summed E-state index contributed by atoms with van der Waals surface area (Å²) in [7, 11) is 3.38. The molecule has 0 aliphatic carbocycles. The SMILES string of the molecule is COc1cc(C(=O)NCCCN(C)c2ccccc2)c([N+](=O)[O-])cc1OCc1cscn1. The predicted molar refractivity (Wildman–Crippen MR) is 123 cm³/mol. The van der Waals surface area contributed by atoms with Crippen LogP contribution in [0.4, 0.5) is 11.4 Å². The summed E-state index contributed by atoms with van der Waals surface area (Å²) in [6, 6.07) is 12.4. The Balaban J connectivity index is 1.64. The quantitative estimate of drug-likeness (QED) is 0.265. The van der Waals surface area contributed by atoms with E-state index in [1.807, 2.05) is 42.8 Å².